The Hall–Kier alpha value is -1.59. The fourth-order valence-corrected chi connectivity index (χ4v) is 2.32. The van der Waals surface area contributed by atoms with Crippen molar-refractivity contribution >= 4 is 5.96 Å². The number of hydrogen-bond acceptors (Lipinski definition) is 3. The predicted octanol–water partition coefficient (Wildman–Crippen LogP) is 2.62. The molecule has 1 aromatic rings. The van der Waals surface area contributed by atoms with Gasteiger partial charge in [-0.25, -0.2) is 0 Å². The SMILES string of the molecule is CCCCCCCCCCNC(=NC)NCc1nncn1C. The molecule has 1 rings (SSSR count). The van der Waals surface area contributed by atoms with E-state index in [4.69, 9.17) is 0 Å². The van der Waals surface area contributed by atoms with E-state index in [-0.39, 0.29) is 0 Å². The Labute approximate surface area is 134 Å². The Kier molecular flexibility index (Phi) is 10.1. The van der Waals surface area contributed by atoms with Crippen LogP contribution in [0, 0.1) is 0 Å². The van der Waals surface area contributed by atoms with Crippen LogP contribution in [0.3, 0.4) is 0 Å². The highest BCUT2D eigenvalue weighted by molar-refractivity contribution is 5.79. The topological polar surface area (TPSA) is 67.1 Å². The molecule has 0 atom stereocenters. The maximum atomic E-state index is 4.22. The van der Waals surface area contributed by atoms with Gasteiger partial charge in [-0.05, 0) is 6.42 Å². The summed E-state index contributed by atoms with van der Waals surface area (Å²) in [6.45, 7) is 3.86. The van der Waals surface area contributed by atoms with E-state index < -0.39 is 0 Å². The van der Waals surface area contributed by atoms with Gasteiger partial charge < -0.3 is 15.2 Å². The zero-order valence-corrected chi connectivity index (χ0v) is 14.4. The number of nitrogens with zero attached hydrogens (tertiary/aromatic N) is 4. The van der Waals surface area contributed by atoms with Gasteiger partial charge in [-0.15, -0.1) is 10.2 Å². The number of rotatable bonds is 11. The first kappa shape index (κ1) is 18.5. The van der Waals surface area contributed by atoms with Crippen LogP contribution in [0.5, 0.6) is 0 Å². The Morgan fingerprint density at radius 1 is 1.09 bits per heavy atom. The molecule has 0 unspecified atom stereocenters. The second-order valence-corrected chi connectivity index (χ2v) is 5.69. The molecule has 126 valence electrons. The largest absolute Gasteiger partial charge is 0.356 e. The van der Waals surface area contributed by atoms with Gasteiger partial charge in [-0.3, -0.25) is 4.99 Å². The lowest BCUT2D eigenvalue weighted by Gasteiger charge is -2.11. The molecule has 0 spiro atoms. The first-order chi connectivity index (χ1) is 10.8. The van der Waals surface area contributed by atoms with Crippen LogP contribution in [-0.2, 0) is 13.6 Å². The van der Waals surface area contributed by atoms with E-state index in [2.05, 4.69) is 32.7 Å². The summed E-state index contributed by atoms with van der Waals surface area (Å²) in [5, 5.41) is 14.5. The number of nitrogens with one attached hydrogen (secondary N) is 2. The van der Waals surface area contributed by atoms with Crippen LogP contribution in [0.2, 0.25) is 0 Å². The number of hydrogen-bond donors (Lipinski definition) is 2. The van der Waals surface area contributed by atoms with Crippen molar-refractivity contribution in [2.24, 2.45) is 12.0 Å². The Bertz CT molecular complexity index is 413. The van der Waals surface area contributed by atoms with E-state index in [1.807, 2.05) is 11.6 Å². The van der Waals surface area contributed by atoms with Gasteiger partial charge in [-0.1, -0.05) is 51.9 Å². The summed E-state index contributed by atoms with van der Waals surface area (Å²) in [5.74, 6) is 1.72. The summed E-state index contributed by atoms with van der Waals surface area (Å²) in [5.41, 5.74) is 0. The van der Waals surface area contributed by atoms with Crippen molar-refractivity contribution in [3.8, 4) is 0 Å². The molecule has 0 aliphatic heterocycles. The van der Waals surface area contributed by atoms with E-state index >= 15 is 0 Å². The number of aliphatic imine (C=N–C) groups is 1. The van der Waals surface area contributed by atoms with E-state index in [0.29, 0.717) is 6.54 Å². The zero-order chi connectivity index (χ0) is 16.0. The highest BCUT2D eigenvalue weighted by atomic mass is 15.3. The molecule has 1 aromatic heterocycles. The van der Waals surface area contributed by atoms with E-state index in [0.717, 1.165) is 18.3 Å². The molecule has 0 bridgehead atoms. The number of guanidine groups is 1. The molecule has 0 aliphatic rings. The van der Waals surface area contributed by atoms with Crippen molar-refractivity contribution in [1.29, 1.82) is 0 Å². The minimum atomic E-state index is 0.633. The Morgan fingerprint density at radius 2 is 1.77 bits per heavy atom. The van der Waals surface area contributed by atoms with Crippen molar-refractivity contribution in [3.63, 3.8) is 0 Å². The fourth-order valence-electron chi connectivity index (χ4n) is 2.32. The van der Waals surface area contributed by atoms with Gasteiger partial charge in [0.25, 0.3) is 0 Å². The van der Waals surface area contributed by atoms with Gasteiger partial charge in [0.1, 0.15) is 6.33 Å². The van der Waals surface area contributed by atoms with Crippen LogP contribution in [0.4, 0.5) is 0 Å². The van der Waals surface area contributed by atoms with E-state index in [1.165, 1.54) is 51.4 Å². The van der Waals surface area contributed by atoms with Crippen LogP contribution >= 0.6 is 0 Å². The summed E-state index contributed by atoms with van der Waals surface area (Å²) in [4.78, 5) is 4.22. The minimum absolute atomic E-state index is 0.633. The molecule has 6 heteroatoms. The number of aromatic nitrogens is 3. The quantitative estimate of drug-likeness (QED) is 0.375. The van der Waals surface area contributed by atoms with Crippen LogP contribution < -0.4 is 10.6 Å². The molecular formula is C16H32N6. The van der Waals surface area contributed by atoms with Gasteiger partial charge in [0, 0.05) is 20.6 Å². The standard InChI is InChI=1S/C16H32N6/c1-4-5-6-7-8-9-10-11-12-18-16(17-2)19-13-15-21-20-14-22(15)3/h14H,4-13H2,1-3H3,(H2,17,18,19). The van der Waals surface area contributed by atoms with Crippen molar-refractivity contribution in [2.75, 3.05) is 13.6 Å². The average molecular weight is 308 g/mol. The van der Waals surface area contributed by atoms with Gasteiger partial charge in [0.05, 0.1) is 6.54 Å². The molecule has 0 fully saturated rings. The molecule has 22 heavy (non-hydrogen) atoms. The van der Waals surface area contributed by atoms with Crippen LogP contribution in [0.25, 0.3) is 0 Å². The monoisotopic (exact) mass is 308 g/mol. The lowest BCUT2D eigenvalue weighted by molar-refractivity contribution is 0.571. The van der Waals surface area contributed by atoms with Gasteiger partial charge >= 0.3 is 0 Å². The molecule has 0 aromatic carbocycles. The third-order valence-corrected chi connectivity index (χ3v) is 3.77. The second kappa shape index (κ2) is 12.0. The fraction of sp³-hybridized carbons (Fsp3) is 0.812. The molecule has 0 saturated heterocycles. The van der Waals surface area contributed by atoms with Gasteiger partial charge in [-0.2, -0.15) is 0 Å². The molecule has 1 heterocycles. The first-order valence-electron chi connectivity index (χ1n) is 8.55. The van der Waals surface area contributed by atoms with Crippen LogP contribution in [0.1, 0.15) is 64.1 Å². The molecule has 0 saturated carbocycles. The minimum Gasteiger partial charge on any atom is -0.356 e. The van der Waals surface area contributed by atoms with Crippen molar-refractivity contribution in [3.05, 3.63) is 12.2 Å². The second-order valence-electron chi connectivity index (χ2n) is 5.69. The van der Waals surface area contributed by atoms with Crippen molar-refractivity contribution in [1.82, 2.24) is 25.4 Å². The zero-order valence-electron chi connectivity index (χ0n) is 14.4. The first-order valence-corrected chi connectivity index (χ1v) is 8.55. The molecule has 2 N–H and O–H groups in total. The van der Waals surface area contributed by atoms with Crippen LogP contribution in [-0.4, -0.2) is 34.3 Å². The summed E-state index contributed by atoms with van der Waals surface area (Å²) >= 11 is 0. The maximum Gasteiger partial charge on any atom is 0.191 e. The number of aryl methyl sites for hydroxylation is 1. The summed E-state index contributed by atoms with van der Waals surface area (Å²) < 4.78 is 1.90. The Morgan fingerprint density at radius 3 is 2.36 bits per heavy atom. The molecule has 0 radical (unpaired) electrons. The Balaban J connectivity index is 2.01. The van der Waals surface area contributed by atoms with E-state index in [9.17, 15) is 0 Å². The smallest absolute Gasteiger partial charge is 0.191 e. The number of unbranched alkanes of at least 4 members (excludes halogenated alkanes) is 7. The van der Waals surface area contributed by atoms with Gasteiger partial charge in [0.2, 0.25) is 0 Å². The predicted molar refractivity (Wildman–Crippen MR) is 91.8 cm³/mol. The van der Waals surface area contributed by atoms with Gasteiger partial charge in [0.15, 0.2) is 11.8 Å². The average Bonchev–Trinajstić information content (AvgIpc) is 2.94. The normalized spacial score (nSPS) is 11.7. The van der Waals surface area contributed by atoms with Crippen molar-refractivity contribution in [2.45, 2.75) is 64.8 Å². The summed E-state index contributed by atoms with van der Waals surface area (Å²) in [6.07, 6.45) is 12.4. The summed E-state index contributed by atoms with van der Waals surface area (Å²) in [7, 11) is 3.73. The lowest BCUT2D eigenvalue weighted by atomic mass is 10.1. The van der Waals surface area contributed by atoms with Crippen molar-refractivity contribution < 1.29 is 0 Å². The third kappa shape index (κ3) is 8.00. The molecular weight excluding hydrogens is 276 g/mol. The third-order valence-electron chi connectivity index (χ3n) is 3.77. The highest BCUT2D eigenvalue weighted by Crippen LogP contribution is 2.07. The highest BCUT2D eigenvalue weighted by Gasteiger charge is 2.02. The molecule has 6 nitrogen and oxygen atoms in total. The van der Waals surface area contributed by atoms with Crippen LogP contribution in [0.15, 0.2) is 11.3 Å². The van der Waals surface area contributed by atoms with E-state index in [1.54, 1.807) is 13.4 Å². The lowest BCUT2D eigenvalue weighted by Crippen LogP contribution is -2.37. The molecule has 0 aliphatic carbocycles. The molecule has 0 amide bonds. The summed E-state index contributed by atoms with van der Waals surface area (Å²) in [6, 6.07) is 0. The maximum absolute atomic E-state index is 4.22.